The Kier molecular flexibility index (Phi) is 7.56. The van der Waals surface area contributed by atoms with Gasteiger partial charge in [0, 0.05) is 22.4 Å². The van der Waals surface area contributed by atoms with Crippen LogP contribution in [0.15, 0.2) is 146 Å². The second kappa shape index (κ2) is 11.1. The minimum atomic E-state index is -4.18. The number of carbonyl (C=O) groups excluding carboxylic acids is 1. The van der Waals surface area contributed by atoms with E-state index in [2.05, 4.69) is 6.58 Å². The summed E-state index contributed by atoms with van der Waals surface area (Å²) in [5.74, 6) is -1.71. The first-order valence-electron chi connectivity index (χ1n) is 12.2. The molecule has 5 aromatic rings. The first kappa shape index (κ1) is 27.3. The Balaban J connectivity index is 1.80. The average molecular weight is 574 g/mol. The van der Waals surface area contributed by atoms with E-state index in [0.717, 1.165) is 17.0 Å². The van der Waals surface area contributed by atoms with E-state index >= 15 is 4.39 Å². The van der Waals surface area contributed by atoms with Crippen LogP contribution in [0, 0.1) is 11.6 Å². The summed E-state index contributed by atoms with van der Waals surface area (Å²) in [5.41, 5.74) is 0.243. The molecule has 5 aromatic carbocycles. The summed E-state index contributed by atoms with van der Waals surface area (Å²) in [6.45, 7) is 5.12. The maximum absolute atomic E-state index is 15.6. The normalized spacial score (nSPS) is 12.2. The number of halogens is 2. The van der Waals surface area contributed by atoms with Crippen molar-refractivity contribution in [3.8, 4) is 5.75 Å². The smallest absolute Gasteiger partial charge is 0.338 e. The number of ether oxygens (including phenoxy) is 1. The fourth-order valence-electron chi connectivity index (χ4n) is 4.23. The number of rotatable bonds is 7. The lowest BCUT2D eigenvalue weighted by Gasteiger charge is -2.16. The summed E-state index contributed by atoms with van der Waals surface area (Å²) in [5, 5.41) is -0.0439. The van der Waals surface area contributed by atoms with Crippen molar-refractivity contribution in [3.05, 3.63) is 133 Å². The van der Waals surface area contributed by atoms with Gasteiger partial charge in [-0.2, -0.15) is 0 Å². The van der Waals surface area contributed by atoms with Crippen LogP contribution in [0.2, 0.25) is 0 Å². The molecule has 0 fully saturated rings. The fraction of sp³-hybridized carbons (Fsp3) is 0.0312. The molecule has 40 heavy (non-hydrogen) atoms. The minimum absolute atomic E-state index is 0.0344. The van der Waals surface area contributed by atoms with E-state index in [9.17, 15) is 17.6 Å². The van der Waals surface area contributed by atoms with E-state index in [1.165, 1.54) is 24.3 Å². The third-order valence-electron chi connectivity index (χ3n) is 6.10. The van der Waals surface area contributed by atoms with Crippen LogP contribution in [0.1, 0.15) is 6.92 Å². The highest BCUT2D eigenvalue weighted by molar-refractivity contribution is 7.98. The third-order valence-corrected chi connectivity index (χ3v) is 10.4. The highest BCUT2D eigenvalue weighted by Gasteiger charge is 2.38. The Labute approximate surface area is 233 Å². The molecule has 0 amide bonds. The van der Waals surface area contributed by atoms with Crippen LogP contribution in [0.25, 0.3) is 10.8 Å². The lowest BCUT2D eigenvalue weighted by atomic mass is 10.1. The number of esters is 1. The fourth-order valence-corrected chi connectivity index (χ4v) is 8.49. The zero-order chi connectivity index (χ0) is 28.4. The summed E-state index contributed by atoms with van der Waals surface area (Å²) >= 11 is 0. The molecule has 0 aliphatic carbocycles. The van der Waals surface area contributed by atoms with Gasteiger partial charge in [-0.25, -0.2) is 22.0 Å². The number of sulfone groups is 1. The summed E-state index contributed by atoms with van der Waals surface area (Å²) in [7, 11) is -5.30. The van der Waals surface area contributed by atoms with Gasteiger partial charge in [0.2, 0.25) is 9.84 Å². The van der Waals surface area contributed by atoms with Crippen LogP contribution >= 0.6 is 0 Å². The molecule has 8 heteroatoms. The largest absolute Gasteiger partial charge is 0.423 e. The monoisotopic (exact) mass is 573 g/mol. The number of benzene rings is 5. The molecule has 0 aliphatic rings. The zero-order valence-electron chi connectivity index (χ0n) is 21.3. The van der Waals surface area contributed by atoms with Crippen LogP contribution in [0.3, 0.4) is 0 Å². The van der Waals surface area contributed by atoms with Gasteiger partial charge in [0.05, 0.1) is 4.90 Å². The van der Waals surface area contributed by atoms with Crippen LogP contribution in [-0.4, -0.2) is 14.4 Å². The lowest BCUT2D eigenvalue weighted by Crippen LogP contribution is -2.14. The van der Waals surface area contributed by atoms with Gasteiger partial charge < -0.3 is 4.74 Å². The maximum Gasteiger partial charge on any atom is 0.338 e. The minimum Gasteiger partial charge on any atom is -0.423 e. The number of hydrogen-bond donors (Lipinski definition) is 0. The Morgan fingerprint density at radius 3 is 2.00 bits per heavy atom. The third kappa shape index (κ3) is 5.28. The Hall–Kier alpha value is -4.27. The van der Waals surface area contributed by atoms with Gasteiger partial charge in [0.15, 0.2) is 14.7 Å². The van der Waals surface area contributed by atoms with Gasteiger partial charge in [0.25, 0.3) is 0 Å². The summed E-state index contributed by atoms with van der Waals surface area (Å²) in [4.78, 5) is 13.5. The SMILES string of the molecule is C=C(C)C(=O)Oc1ccc([S+](c2ccccc2)c2cc(F)c3cc(F)ccc3c2S(=O)(=O)c2ccccc2)cc1. The molecule has 0 saturated carbocycles. The van der Waals surface area contributed by atoms with Crippen molar-refractivity contribution in [2.75, 3.05) is 0 Å². The molecule has 5 rings (SSSR count). The van der Waals surface area contributed by atoms with Crippen LogP contribution in [0.4, 0.5) is 8.78 Å². The van der Waals surface area contributed by atoms with E-state index < -0.39 is 38.3 Å². The Morgan fingerprint density at radius 2 is 1.38 bits per heavy atom. The molecular formula is C32H23F2O4S2+. The molecule has 0 spiro atoms. The van der Waals surface area contributed by atoms with Crippen molar-refractivity contribution < 1.29 is 26.7 Å². The molecule has 0 radical (unpaired) electrons. The topological polar surface area (TPSA) is 60.4 Å². The summed E-state index contributed by atoms with van der Waals surface area (Å²) in [6.07, 6.45) is 0. The van der Waals surface area contributed by atoms with Crippen molar-refractivity contribution in [2.45, 2.75) is 31.4 Å². The first-order chi connectivity index (χ1) is 19.2. The van der Waals surface area contributed by atoms with Gasteiger partial charge in [0.1, 0.15) is 33.2 Å². The quantitative estimate of drug-likeness (QED) is 0.0664. The molecular weight excluding hydrogens is 550 g/mol. The van der Waals surface area contributed by atoms with Crippen LogP contribution in [0.5, 0.6) is 5.75 Å². The molecule has 1 unspecified atom stereocenters. The molecule has 0 bridgehead atoms. The highest BCUT2D eigenvalue weighted by atomic mass is 32.2. The van der Waals surface area contributed by atoms with Crippen molar-refractivity contribution in [1.29, 1.82) is 0 Å². The average Bonchev–Trinajstić information content (AvgIpc) is 2.95. The highest BCUT2D eigenvalue weighted by Crippen LogP contribution is 2.42. The molecule has 0 N–H and O–H groups in total. The van der Waals surface area contributed by atoms with E-state index in [1.807, 2.05) is 30.3 Å². The van der Waals surface area contributed by atoms with E-state index in [1.54, 1.807) is 49.4 Å². The maximum atomic E-state index is 15.6. The predicted molar refractivity (Wildman–Crippen MR) is 151 cm³/mol. The van der Waals surface area contributed by atoms with Gasteiger partial charge in [-0.05, 0) is 73.7 Å². The van der Waals surface area contributed by atoms with E-state index in [-0.39, 0.29) is 36.8 Å². The van der Waals surface area contributed by atoms with E-state index in [4.69, 9.17) is 4.74 Å². The van der Waals surface area contributed by atoms with Gasteiger partial charge >= 0.3 is 5.97 Å². The number of hydrogen-bond acceptors (Lipinski definition) is 4. The lowest BCUT2D eigenvalue weighted by molar-refractivity contribution is -0.130. The van der Waals surface area contributed by atoms with Crippen molar-refractivity contribution >= 4 is 37.5 Å². The molecule has 0 aromatic heterocycles. The van der Waals surface area contributed by atoms with Crippen molar-refractivity contribution in [2.24, 2.45) is 0 Å². The molecule has 1 atom stereocenters. The van der Waals surface area contributed by atoms with Gasteiger partial charge in [-0.3, -0.25) is 0 Å². The van der Waals surface area contributed by atoms with Crippen molar-refractivity contribution in [3.63, 3.8) is 0 Å². The van der Waals surface area contributed by atoms with Crippen LogP contribution in [-0.2, 0) is 25.5 Å². The molecule has 0 saturated heterocycles. The standard InChI is InChI=1S/C32H23F2O4S2/c1-21(2)32(35)38-23-14-16-25(17-15-23)39(24-9-5-3-6-10-24)30-20-29(34)28-19-22(33)13-18-27(28)31(30)40(36,37)26-11-7-4-8-12-26/h3-20H,1H2,2H3/q+1. The number of carbonyl (C=O) groups is 1. The zero-order valence-corrected chi connectivity index (χ0v) is 22.9. The Bertz CT molecular complexity index is 1840. The molecule has 4 nitrogen and oxygen atoms in total. The molecule has 0 heterocycles. The Morgan fingerprint density at radius 1 is 0.775 bits per heavy atom. The van der Waals surface area contributed by atoms with Crippen molar-refractivity contribution in [1.82, 2.24) is 0 Å². The van der Waals surface area contributed by atoms with Crippen LogP contribution < -0.4 is 4.74 Å². The first-order valence-corrected chi connectivity index (χ1v) is 14.9. The second-order valence-electron chi connectivity index (χ2n) is 8.95. The van der Waals surface area contributed by atoms with Gasteiger partial charge in [-0.15, -0.1) is 0 Å². The summed E-state index contributed by atoms with van der Waals surface area (Å²) < 4.78 is 63.5. The summed E-state index contributed by atoms with van der Waals surface area (Å²) in [6, 6.07) is 28.2. The number of fused-ring (bicyclic) bond motifs is 1. The predicted octanol–water partition coefficient (Wildman–Crippen LogP) is 7.53. The molecule has 200 valence electrons. The van der Waals surface area contributed by atoms with Gasteiger partial charge in [-0.1, -0.05) is 43.0 Å². The van der Waals surface area contributed by atoms with E-state index in [0.29, 0.717) is 4.90 Å². The molecule has 0 aliphatic heterocycles. The second-order valence-corrected chi connectivity index (χ2v) is 12.8.